The van der Waals surface area contributed by atoms with Gasteiger partial charge in [-0.3, -0.25) is 14.6 Å². The molecule has 2 aromatic rings. The first-order chi connectivity index (χ1) is 14.1. The summed E-state index contributed by atoms with van der Waals surface area (Å²) in [5.41, 5.74) is 3.19. The average molecular weight is 439 g/mol. The van der Waals surface area contributed by atoms with Crippen LogP contribution in [-0.4, -0.2) is 28.2 Å². The lowest BCUT2D eigenvalue weighted by molar-refractivity contribution is -0.137. The number of hydrogen-bond acceptors (Lipinski definition) is 6. The van der Waals surface area contributed by atoms with Crippen LogP contribution in [0.4, 0.5) is 18.9 Å². The third kappa shape index (κ3) is 5.29. The molecule has 1 aliphatic heterocycles. The summed E-state index contributed by atoms with van der Waals surface area (Å²) < 4.78 is 38.5. The molecular weight excluding hydrogens is 419 g/mol. The molecule has 1 aromatic carbocycles. The molecule has 2 amide bonds. The Kier molecular flexibility index (Phi) is 6.64. The van der Waals surface area contributed by atoms with Crippen molar-refractivity contribution in [2.45, 2.75) is 37.4 Å². The summed E-state index contributed by atoms with van der Waals surface area (Å²) in [6.45, 7) is 4.12. The van der Waals surface area contributed by atoms with E-state index >= 15 is 0 Å². The molecule has 1 aromatic heterocycles. The molecule has 2 heterocycles. The average Bonchev–Trinajstić information content (AvgIpc) is 3.16. The summed E-state index contributed by atoms with van der Waals surface area (Å²) in [4.78, 5) is 31.2. The van der Waals surface area contributed by atoms with E-state index in [0.717, 1.165) is 23.7 Å². The second-order valence-electron chi connectivity index (χ2n) is 6.96. The number of carbonyl (C=O) groups is 2. The van der Waals surface area contributed by atoms with Gasteiger partial charge >= 0.3 is 6.18 Å². The number of nitrogens with zero attached hydrogens (tertiary/aromatic N) is 1. The van der Waals surface area contributed by atoms with E-state index < -0.39 is 35.0 Å². The smallest absolute Gasteiger partial charge is 0.337 e. The minimum atomic E-state index is -4.61. The van der Waals surface area contributed by atoms with Gasteiger partial charge in [0, 0.05) is 18.1 Å². The first kappa shape index (κ1) is 22.1. The Labute approximate surface area is 175 Å². The van der Waals surface area contributed by atoms with Crippen molar-refractivity contribution >= 4 is 29.4 Å². The van der Waals surface area contributed by atoms with Gasteiger partial charge in [0.25, 0.3) is 5.91 Å². The molecule has 30 heavy (non-hydrogen) atoms. The van der Waals surface area contributed by atoms with Crippen LogP contribution in [0.15, 0.2) is 42.7 Å². The predicted molar refractivity (Wildman–Crippen MR) is 107 cm³/mol. The number of pyridine rings is 1. The fraction of sp³-hybridized carbons (Fsp3) is 0.316. The molecule has 160 valence electrons. The highest BCUT2D eigenvalue weighted by molar-refractivity contribution is 7.98. The van der Waals surface area contributed by atoms with Crippen molar-refractivity contribution in [3.05, 3.63) is 59.4 Å². The summed E-state index contributed by atoms with van der Waals surface area (Å²) in [6.07, 6.45) is -2.93. The Bertz CT molecular complexity index is 921. The van der Waals surface area contributed by atoms with Gasteiger partial charge in [-0.2, -0.15) is 18.0 Å². The number of amides is 2. The second kappa shape index (κ2) is 9.02. The molecule has 1 fully saturated rings. The van der Waals surface area contributed by atoms with Gasteiger partial charge in [0.1, 0.15) is 11.4 Å². The molecule has 1 aliphatic rings. The van der Waals surface area contributed by atoms with E-state index in [1.54, 1.807) is 12.1 Å². The number of hydrazine groups is 1. The van der Waals surface area contributed by atoms with Crippen LogP contribution in [0.2, 0.25) is 0 Å². The van der Waals surface area contributed by atoms with Gasteiger partial charge in [-0.1, -0.05) is 26.0 Å². The second-order valence-corrected chi connectivity index (χ2v) is 7.91. The number of benzene rings is 1. The van der Waals surface area contributed by atoms with Crippen molar-refractivity contribution < 1.29 is 22.8 Å². The van der Waals surface area contributed by atoms with Crippen LogP contribution >= 0.6 is 11.9 Å². The maximum Gasteiger partial charge on any atom is 0.417 e. The van der Waals surface area contributed by atoms with Gasteiger partial charge in [-0.05, 0) is 41.6 Å². The molecule has 1 saturated heterocycles. The maximum atomic E-state index is 12.8. The number of alkyl halides is 3. The van der Waals surface area contributed by atoms with E-state index in [9.17, 15) is 22.8 Å². The van der Waals surface area contributed by atoms with E-state index in [0.29, 0.717) is 23.9 Å². The standard InChI is InChI=1S/C19H20F3N5O2S/c1-10(2)11-3-5-14(6-4-11)24-17(29)15-18(30-27-26-15)25-16(28)12-7-13(9-23-8-12)19(20,21)22/h3-10,15,18,26-27H,1-2H3,(H,24,29)(H,25,28). The third-order valence-corrected chi connectivity index (χ3v) is 5.31. The van der Waals surface area contributed by atoms with E-state index in [1.165, 1.54) is 0 Å². The molecule has 2 atom stereocenters. The molecule has 7 nitrogen and oxygen atoms in total. The van der Waals surface area contributed by atoms with Gasteiger partial charge in [0.2, 0.25) is 5.91 Å². The quantitative estimate of drug-likeness (QED) is 0.535. The summed E-state index contributed by atoms with van der Waals surface area (Å²) in [6, 6.07) is 7.26. The largest absolute Gasteiger partial charge is 0.417 e. The summed E-state index contributed by atoms with van der Waals surface area (Å²) in [5, 5.41) is 4.55. The molecule has 0 spiro atoms. The van der Waals surface area contributed by atoms with Gasteiger partial charge < -0.3 is 10.6 Å². The van der Waals surface area contributed by atoms with Gasteiger partial charge in [-0.25, -0.2) is 5.43 Å². The van der Waals surface area contributed by atoms with Crippen LogP contribution in [0, 0.1) is 0 Å². The Balaban J connectivity index is 1.65. The molecule has 0 saturated carbocycles. The van der Waals surface area contributed by atoms with Crippen molar-refractivity contribution in [3.63, 3.8) is 0 Å². The maximum absolute atomic E-state index is 12.8. The molecule has 4 N–H and O–H groups in total. The Morgan fingerprint density at radius 2 is 1.87 bits per heavy atom. The van der Waals surface area contributed by atoms with Crippen LogP contribution in [-0.2, 0) is 11.0 Å². The lowest BCUT2D eigenvalue weighted by atomic mass is 10.0. The molecule has 0 aliphatic carbocycles. The fourth-order valence-corrected chi connectivity index (χ4v) is 3.54. The summed E-state index contributed by atoms with van der Waals surface area (Å²) >= 11 is 1.03. The Morgan fingerprint density at radius 3 is 2.50 bits per heavy atom. The third-order valence-electron chi connectivity index (χ3n) is 4.43. The highest BCUT2D eigenvalue weighted by atomic mass is 32.2. The van der Waals surface area contributed by atoms with E-state index in [2.05, 4.69) is 39.7 Å². The number of rotatable bonds is 5. The van der Waals surface area contributed by atoms with Crippen LogP contribution in [0.25, 0.3) is 0 Å². The number of hydrogen-bond donors (Lipinski definition) is 4. The Morgan fingerprint density at radius 1 is 1.17 bits per heavy atom. The highest BCUT2D eigenvalue weighted by Crippen LogP contribution is 2.29. The normalized spacial score (nSPS) is 19.0. The summed E-state index contributed by atoms with van der Waals surface area (Å²) in [5.74, 6) is -0.815. The van der Waals surface area contributed by atoms with Crippen molar-refractivity contribution in [3.8, 4) is 0 Å². The predicted octanol–water partition coefficient (Wildman–Crippen LogP) is 3.04. The molecular formula is C19H20F3N5O2S. The van der Waals surface area contributed by atoms with Crippen LogP contribution in [0.3, 0.4) is 0 Å². The molecule has 0 radical (unpaired) electrons. The zero-order valence-electron chi connectivity index (χ0n) is 16.1. The van der Waals surface area contributed by atoms with Gasteiger partial charge in [0.05, 0.1) is 11.1 Å². The summed E-state index contributed by atoms with van der Waals surface area (Å²) in [7, 11) is 0. The van der Waals surface area contributed by atoms with Crippen LogP contribution < -0.4 is 20.9 Å². The van der Waals surface area contributed by atoms with Gasteiger partial charge in [-0.15, -0.1) is 0 Å². The monoisotopic (exact) mass is 439 g/mol. The van der Waals surface area contributed by atoms with Crippen molar-refractivity contribution in [2.24, 2.45) is 0 Å². The number of nitrogens with one attached hydrogen (secondary N) is 4. The zero-order valence-corrected chi connectivity index (χ0v) is 16.9. The van der Waals surface area contributed by atoms with E-state index in [4.69, 9.17) is 0 Å². The minimum Gasteiger partial charge on any atom is -0.337 e. The topological polar surface area (TPSA) is 95.1 Å². The Hall–Kier alpha value is -2.63. The number of halogens is 3. The number of anilines is 1. The van der Waals surface area contributed by atoms with Crippen LogP contribution in [0.1, 0.15) is 41.3 Å². The molecule has 3 rings (SSSR count). The lowest BCUT2D eigenvalue weighted by Gasteiger charge is -2.18. The molecule has 0 bridgehead atoms. The van der Waals surface area contributed by atoms with Crippen LogP contribution in [0.5, 0.6) is 0 Å². The van der Waals surface area contributed by atoms with Gasteiger partial charge in [0.15, 0.2) is 0 Å². The molecule has 2 unspecified atom stereocenters. The first-order valence-corrected chi connectivity index (χ1v) is 9.93. The van der Waals surface area contributed by atoms with E-state index in [-0.39, 0.29) is 5.56 Å². The fourth-order valence-electron chi connectivity index (χ4n) is 2.72. The lowest BCUT2D eigenvalue weighted by Crippen LogP contribution is -2.50. The van der Waals surface area contributed by atoms with Crippen molar-refractivity contribution in [1.82, 2.24) is 20.6 Å². The SMILES string of the molecule is CC(C)c1ccc(NC(=O)C2NNSC2NC(=O)c2cncc(C(F)(F)F)c2)cc1. The zero-order chi connectivity index (χ0) is 21.9. The van der Waals surface area contributed by atoms with Crippen molar-refractivity contribution in [2.75, 3.05) is 5.32 Å². The number of aromatic nitrogens is 1. The first-order valence-electron chi connectivity index (χ1n) is 9.05. The minimum absolute atomic E-state index is 0.249. The highest BCUT2D eigenvalue weighted by Gasteiger charge is 2.36. The van der Waals surface area contributed by atoms with Crippen molar-refractivity contribution in [1.29, 1.82) is 0 Å². The van der Waals surface area contributed by atoms with E-state index in [1.807, 2.05) is 12.1 Å². The molecule has 11 heteroatoms. The number of carbonyl (C=O) groups excluding carboxylic acids is 2.